The zero-order valence-corrected chi connectivity index (χ0v) is 18.6. The summed E-state index contributed by atoms with van der Waals surface area (Å²) in [6.45, 7) is 5.46. The second-order valence-electron chi connectivity index (χ2n) is 8.48. The molecule has 0 saturated heterocycles. The minimum atomic E-state index is -0.954. The molecule has 1 aromatic carbocycles. The Morgan fingerprint density at radius 1 is 1.32 bits per heavy atom. The van der Waals surface area contributed by atoms with Crippen LogP contribution in [0.5, 0.6) is 0 Å². The summed E-state index contributed by atoms with van der Waals surface area (Å²) in [6.07, 6.45) is -1.50. The van der Waals surface area contributed by atoms with Crippen molar-refractivity contribution < 1.29 is 24.2 Å². The third-order valence-electron chi connectivity index (χ3n) is 5.72. The van der Waals surface area contributed by atoms with Crippen LogP contribution in [-0.4, -0.2) is 52.3 Å². The van der Waals surface area contributed by atoms with Gasteiger partial charge in [0.15, 0.2) is 0 Å². The van der Waals surface area contributed by atoms with Crippen LogP contribution in [0.4, 0.5) is 10.3 Å². The number of halogens is 1. The predicted octanol–water partition coefficient (Wildman–Crippen LogP) is 3.13. The normalized spacial score (nSPS) is 17.1. The number of nitrogens with zero attached hydrogens (tertiary/aromatic N) is 3. The predicted molar refractivity (Wildman–Crippen MR) is 115 cm³/mol. The van der Waals surface area contributed by atoms with Crippen molar-refractivity contribution in [3.8, 4) is 11.3 Å². The number of aromatic nitrogens is 2. The van der Waals surface area contributed by atoms with Crippen LogP contribution in [0, 0.1) is 5.82 Å². The molecule has 1 aromatic heterocycles. The molecule has 0 fully saturated rings. The van der Waals surface area contributed by atoms with Gasteiger partial charge >= 0.3 is 0 Å². The standard InChI is InChI=1S/C23H30FN3O4/c1-12(2)21-19-11-18(20(30)10-15(29)8-13(3)28)17-9-14(24)6-7-16(17)22(19)26-23(25-21)27(4)31-5/h6-7,9,12,15,18,20,29-30H,8,10-11H2,1-5H3/t15-,18+,20-/m0/s1. The Hall–Kier alpha value is -2.42. The lowest BCUT2D eigenvalue weighted by Gasteiger charge is -2.33. The molecule has 0 unspecified atom stereocenters. The van der Waals surface area contributed by atoms with Crippen molar-refractivity contribution >= 4 is 11.7 Å². The Labute approximate surface area is 181 Å². The lowest BCUT2D eigenvalue weighted by atomic mass is 9.75. The highest BCUT2D eigenvalue weighted by Gasteiger charge is 2.35. The number of hydrogen-bond donors (Lipinski definition) is 2. The number of carbonyl (C=O) groups excluding carboxylic acids is 1. The monoisotopic (exact) mass is 431 g/mol. The van der Waals surface area contributed by atoms with E-state index in [-0.39, 0.29) is 24.5 Å². The van der Waals surface area contributed by atoms with E-state index in [1.54, 1.807) is 13.1 Å². The molecular formula is C23H30FN3O4. The maximum Gasteiger partial charge on any atom is 0.250 e. The summed E-state index contributed by atoms with van der Waals surface area (Å²) in [6, 6.07) is 4.46. The molecular weight excluding hydrogens is 401 g/mol. The third kappa shape index (κ3) is 4.92. The van der Waals surface area contributed by atoms with Crippen LogP contribution in [0.1, 0.15) is 62.3 Å². The number of ketones is 1. The second kappa shape index (κ2) is 9.38. The van der Waals surface area contributed by atoms with Crippen LogP contribution in [0.3, 0.4) is 0 Å². The molecule has 8 heteroatoms. The minimum Gasteiger partial charge on any atom is -0.393 e. The number of fused-ring (bicyclic) bond motifs is 3. The van der Waals surface area contributed by atoms with Gasteiger partial charge in [-0.3, -0.25) is 9.63 Å². The smallest absolute Gasteiger partial charge is 0.250 e. The minimum absolute atomic E-state index is 0.0244. The van der Waals surface area contributed by atoms with Crippen molar-refractivity contribution in [1.82, 2.24) is 9.97 Å². The van der Waals surface area contributed by atoms with E-state index in [1.165, 1.54) is 31.2 Å². The van der Waals surface area contributed by atoms with Gasteiger partial charge in [0.25, 0.3) is 0 Å². The molecule has 0 aliphatic heterocycles. The van der Waals surface area contributed by atoms with Gasteiger partial charge in [0, 0.05) is 36.9 Å². The average molecular weight is 432 g/mol. The fraction of sp³-hybridized carbons (Fsp3) is 0.522. The van der Waals surface area contributed by atoms with Crippen LogP contribution >= 0.6 is 0 Å². The molecule has 0 saturated carbocycles. The number of Topliss-reactive ketones (excluding diaryl/α,β-unsaturated/α-hetero) is 1. The van der Waals surface area contributed by atoms with Crippen molar-refractivity contribution in [3.63, 3.8) is 0 Å². The molecule has 0 bridgehead atoms. The summed E-state index contributed by atoms with van der Waals surface area (Å²) in [5, 5.41) is 22.6. The Balaban J connectivity index is 2.10. The molecule has 2 N–H and O–H groups in total. The van der Waals surface area contributed by atoms with Gasteiger partial charge in [-0.15, -0.1) is 0 Å². The number of aliphatic hydroxyl groups excluding tert-OH is 2. The molecule has 7 nitrogen and oxygen atoms in total. The van der Waals surface area contributed by atoms with Gasteiger partial charge in [-0.2, -0.15) is 0 Å². The Morgan fingerprint density at radius 2 is 2.03 bits per heavy atom. The number of hydrogen-bond acceptors (Lipinski definition) is 7. The van der Waals surface area contributed by atoms with Crippen LogP contribution < -0.4 is 5.06 Å². The van der Waals surface area contributed by atoms with E-state index in [0.717, 1.165) is 16.8 Å². The van der Waals surface area contributed by atoms with Crippen molar-refractivity contribution in [2.75, 3.05) is 19.2 Å². The summed E-state index contributed by atoms with van der Waals surface area (Å²) in [7, 11) is 3.24. The van der Waals surface area contributed by atoms with E-state index < -0.39 is 23.9 Å². The Kier molecular flexibility index (Phi) is 7.03. The van der Waals surface area contributed by atoms with Gasteiger partial charge in [-0.05, 0) is 43.0 Å². The zero-order valence-electron chi connectivity index (χ0n) is 18.6. The fourth-order valence-electron chi connectivity index (χ4n) is 4.20. The summed E-state index contributed by atoms with van der Waals surface area (Å²) in [5.74, 6) is -0.520. The largest absolute Gasteiger partial charge is 0.393 e. The molecule has 1 aliphatic carbocycles. The molecule has 0 spiro atoms. The maximum absolute atomic E-state index is 14.2. The second-order valence-corrected chi connectivity index (χ2v) is 8.48. The van der Waals surface area contributed by atoms with Crippen molar-refractivity contribution in [1.29, 1.82) is 0 Å². The summed E-state index contributed by atoms with van der Waals surface area (Å²) >= 11 is 0. The molecule has 168 valence electrons. The lowest BCUT2D eigenvalue weighted by molar-refractivity contribution is -0.119. The van der Waals surface area contributed by atoms with Crippen LogP contribution in [0.2, 0.25) is 0 Å². The van der Waals surface area contributed by atoms with E-state index in [9.17, 15) is 19.4 Å². The molecule has 1 aliphatic rings. The molecule has 0 radical (unpaired) electrons. The number of aliphatic hydroxyl groups is 2. The van der Waals surface area contributed by atoms with Gasteiger partial charge in [0.1, 0.15) is 11.6 Å². The van der Waals surface area contributed by atoms with Gasteiger partial charge in [0.2, 0.25) is 5.95 Å². The molecule has 0 amide bonds. The van der Waals surface area contributed by atoms with Crippen molar-refractivity contribution in [2.24, 2.45) is 0 Å². The molecule has 2 aromatic rings. The van der Waals surface area contributed by atoms with Crippen molar-refractivity contribution in [2.45, 2.75) is 64.1 Å². The number of carbonyl (C=O) groups is 1. The highest BCUT2D eigenvalue weighted by molar-refractivity contribution is 5.76. The Morgan fingerprint density at radius 3 is 2.65 bits per heavy atom. The number of anilines is 1. The van der Waals surface area contributed by atoms with Gasteiger partial charge in [0.05, 0.1) is 30.7 Å². The molecule has 1 heterocycles. The first kappa shape index (κ1) is 23.2. The third-order valence-corrected chi connectivity index (χ3v) is 5.72. The Bertz CT molecular complexity index is 966. The molecule has 31 heavy (non-hydrogen) atoms. The zero-order chi connectivity index (χ0) is 22.9. The number of rotatable bonds is 8. The van der Waals surface area contributed by atoms with Gasteiger partial charge in [-0.1, -0.05) is 13.8 Å². The SMILES string of the molecule is CON(C)c1nc2c(c(C(C)C)n1)C[C@@H]([C@@H](O)C[C@@H](O)CC(C)=O)c1cc(F)ccc1-2. The molecule has 3 rings (SSSR count). The van der Waals surface area contributed by atoms with E-state index in [0.29, 0.717) is 23.6 Å². The maximum atomic E-state index is 14.2. The van der Waals surface area contributed by atoms with E-state index in [2.05, 4.69) is 9.97 Å². The van der Waals surface area contributed by atoms with Gasteiger partial charge < -0.3 is 10.2 Å². The number of hydroxylamine groups is 1. The topological polar surface area (TPSA) is 95.8 Å². The van der Waals surface area contributed by atoms with E-state index >= 15 is 0 Å². The lowest BCUT2D eigenvalue weighted by Crippen LogP contribution is -2.30. The van der Waals surface area contributed by atoms with Crippen LogP contribution in [0.15, 0.2) is 18.2 Å². The van der Waals surface area contributed by atoms with Crippen LogP contribution in [0.25, 0.3) is 11.3 Å². The quantitative estimate of drug-likeness (QED) is 0.620. The summed E-state index contributed by atoms with van der Waals surface area (Å²) in [5.41, 5.74) is 3.78. The number of benzene rings is 1. The fourth-order valence-corrected chi connectivity index (χ4v) is 4.20. The average Bonchev–Trinajstić information content (AvgIpc) is 2.70. The summed E-state index contributed by atoms with van der Waals surface area (Å²) < 4.78 is 14.2. The van der Waals surface area contributed by atoms with E-state index in [4.69, 9.17) is 4.84 Å². The van der Waals surface area contributed by atoms with E-state index in [1.807, 2.05) is 13.8 Å². The van der Waals surface area contributed by atoms with Crippen LogP contribution in [-0.2, 0) is 16.1 Å². The highest BCUT2D eigenvalue weighted by atomic mass is 19.1. The first-order valence-corrected chi connectivity index (χ1v) is 10.5. The van der Waals surface area contributed by atoms with Gasteiger partial charge in [-0.25, -0.2) is 19.4 Å². The highest BCUT2D eigenvalue weighted by Crippen LogP contribution is 2.44. The summed E-state index contributed by atoms with van der Waals surface area (Å²) in [4.78, 5) is 25.9. The first-order valence-electron chi connectivity index (χ1n) is 10.5. The van der Waals surface area contributed by atoms with Crippen molar-refractivity contribution in [3.05, 3.63) is 40.8 Å². The molecule has 3 atom stereocenters. The first-order chi connectivity index (χ1) is 14.6.